The van der Waals surface area contributed by atoms with Crippen molar-refractivity contribution < 1.29 is 18.3 Å². The van der Waals surface area contributed by atoms with Gasteiger partial charge in [-0.25, -0.2) is 13.6 Å². The third-order valence-corrected chi connectivity index (χ3v) is 4.20. The second-order valence-corrected chi connectivity index (χ2v) is 6.18. The van der Waals surface area contributed by atoms with Crippen LogP contribution in [0.15, 0.2) is 47.3 Å². The lowest BCUT2D eigenvalue weighted by Gasteiger charge is -2.13. The lowest BCUT2D eigenvalue weighted by molar-refractivity contribution is 0.260. The molecule has 0 saturated heterocycles. The summed E-state index contributed by atoms with van der Waals surface area (Å²) in [5.41, 5.74) is 0.388. The molecule has 0 spiro atoms. The molecule has 2 aromatic carbocycles. The van der Waals surface area contributed by atoms with Crippen molar-refractivity contribution in [1.29, 1.82) is 10.5 Å². The fourth-order valence-electron chi connectivity index (χ4n) is 2.60. The minimum Gasteiger partial charge on any atom is -0.474 e. The largest absolute Gasteiger partial charge is 0.474 e. The normalized spacial score (nSPS) is 10.2. The van der Waals surface area contributed by atoms with Crippen molar-refractivity contribution in [2.45, 2.75) is 13.2 Å². The molecule has 30 heavy (non-hydrogen) atoms. The minimum absolute atomic E-state index is 0.0675. The molecule has 1 heterocycles. The van der Waals surface area contributed by atoms with Crippen LogP contribution >= 0.6 is 0 Å². The Bertz CT molecular complexity index is 1240. The lowest BCUT2D eigenvalue weighted by atomic mass is 10.1. The van der Waals surface area contributed by atoms with Crippen LogP contribution in [-0.4, -0.2) is 9.55 Å². The first-order valence-electron chi connectivity index (χ1n) is 8.62. The summed E-state index contributed by atoms with van der Waals surface area (Å²) < 4.78 is 39.0. The van der Waals surface area contributed by atoms with Crippen molar-refractivity contribution in [2.75, 3.05) is 0 Å². The van der Waals surface area contributed by atoms with Gasteiger partial charge in [0.2, 0.25) is 11.8 Å². The van der Waals surface area contributed by atoms with Crippen molar-refractivity contribution in [1.82, 2.24) is 9.55 Å². The number of nitriles is 2. The molecule has 1 aromatic heterocycles. The summed E-state index contributed by atoms with van der Waals surface area (Å²) in [4.78, 5) is 15.9. The Morgan fingerprint density at radius 1 is 0.933 bits per heavy atom. The lowest BCUT2D eigenvalue weighted by Crippen LogP contribution is -2.22. The van der Waals surface area contributed by atoms with Crippen LogP contribution in [-0.2, 0) is 20.3 Å². The van der Waals surface area contributed by atoms with Crippen molar-refractivity contribution in [3.8, 4) is 23.9 Å². The Hall–Kier alpha value is -4.24. The maximum Gasteiger partial charge on any atom is 0.353 e. The van der Waals surface area contributed by atoms with Gasteiger partial charge in [-0.2, -0.15) is 15.5 Å². The second-order valence-electron chi connectivity index (χ2n) is 6.18. The third kappa shape index (κ3) is 4.59. The van der Waals surface area contributed by atoms with Crippen LogP contribution in [0.2, 0.25) is 0 Å². The van der Waals surface area contributed by atoms with Gasteiger partial charge in [-0.3, -0.25) is 4.57 Å². The molecule has 0 bridgehead atoms. The maximum atomic E-state index is 13.5. The van der Waals surface area contributed by atoms with E-state index in [1.54, 1.807) is 0 Å². The highest BCUT2D eigenvalue weighted by molar-refractivity contribution is 5.38. The number of hydrogen-bond acceptors (Lipinski definition) is 6. The molecule has 0 atom stereocenters. The highest BCUT2D eigenvalue weighted by Gasteiger charge is 2.12. The fraction of sp³-hybridized carbons (Fsp3) is 0.143. The van der Waals surface area contributed by atoms with E-state index in [1.807, 2.05) is 12.1 Å². The van der Waals surface area contributed by atoms with Gasteiger partial charge in [-0.15, -0.1) is 0 Å². The van der Waals surface area contributed by atoms with E-state index in [9.17, 15) is 13.6 Å². The van der Waals surface area contributed by atoms with Crippen LogP contribution < -0.4 is 15.2 Å². The molecule has 0 amide bonds. The van der Waals surface area contributed by atoms with Crippen LogP contribution in [0.3, 0.4) is 0 Å². The van der Waals surface area contributed by atoms with Crippen LogP contribution in [0.25, 0.3) is 0 Å². The Morgan fingerprint density at radius 3 is 2.00 bits per heavy atom. The number of hydrogen-bond donors (Lipinski definition) is 0. The molecule has 3 aromatic rings. The molecule has 0 aliphatic heterocycles. The molecule has 0 saturated carbocycles. The average molecular weight is 408 g/mol. The van der Waals surface area contributed by atoms with Crippen LogP contribution in [0.5, 0.6) is 11.8 Å². The van der Waals surface area contributed by atoms with E-state index < -0.39 is 17.3 Å². The number of rotatable bonds is 6. The zero-order valence-corrected chi connectivity index (χ0v) is 15.7. The van der Waals surface area contributed by atoms with Crippen LogP contribution in [0.4, 0.5) is 8.78 Å². The molecule has 3 rings (SSSR count). The molecule has 0 unspecified atom stereocenters. The minimum atomic E-state index is -0.679. The zero-order valence-electron chi connectivity index (χ0n) is 15.7. The first-order chi connectivity index (χ1) is 14.4. The Balaban J connectivity index is 1.81. The van der Waals surface area contributed by atoms with E-state index in [-0.39, 0.29) is 36.1 Å². The van der Waals surface area contributed by atoms with Crippen molar-refractivity contribution in [2.24, 2.45) is 7.05 Å². The second kappa shape index (κ2) is 8.84. The van der Waals surface area contributed by atoms with E-state index in [0.29, 0.717) is 11.1 Å². The summed E-state index contributed by atoms with van der Waals surface area (Å²) >= 11 is 0. The number of nitrogens with zero attached hydrogens (tertiary/aromatic N) is 4. The van der Waals surface area contributed by atoms with E-state index in [1.165, 1.54) is 31.3 Å². The van der Waals surface area contributed by atoms with Gasteiger partial charge < -0.3 is 9.47 Å². The Labute approximate surface area is 170 Å². The van der Waals surface area contributed by atoms with Crippen molar-refractivity contribution in [3.63, 3.8) is 0 Å². The summed E-state index contributed by atoms with van der Waals surface area (Å²) in [5.74, 6) is -1.08. The standard InChI is InChI=1S/C21H14F2N4O3/c1-27-20(30-12-16-7-18(23)5-3-14(16)10-25)8-19(26-21(27)28)29-11-15-6-17(22)4-2-13(15)9-24/h2-8H,11-12H2,1H3. The average Bonchev–Trinajstić information content (AvgIpc) is 2.73. The van der Waals surface area contributed by atoms with Gasteiger partial charge in [0, 0.05) is 18.2 Å². The first kappa shape index (κ1) is 20.5. The summed E-state index contributed by atoms with van der Waals surface area (Å²) in [6.45, 7) is -0.359. The SMILES string of the molecule is Cn1c(OCc2cc(F)ccc2C#N)cc(OCc2cc(F)ccc2C#N)nc1=O. The molecule has 9 heteroatoms. The Morgan fingerprint density at radius 2 is 1.47 bits per heavy atom. The maximum absolute atomic E-state index is 13.5. The van der Waals surface area contributed by atoms with Gasteiger partial charge in [-0.1, -0.05) is 0 Å². The summed E-state index contributed by atoms with van der Waals surface area (Å²) in [5, 5.41) is 18.2. The zero-order chi connectivity index (χ0) is 21.7. The van der Waals surface area contributed by atoms with Crippen LogP contribution in [0, 0.1) is 34.3 Å². The van der Waals surface area contributed by atoms with E-state index >= 15 is 0 Å². The molecule has 0 aliphatic rings. The van der Waals surface area contributed by atoms with Crippen molar-refractivity contribution >= 4 is 0 Å². The quantitative estimate of drug-likeness (QED) is 0.622. The van der Waals surface area contributed by atoms with Gasteiger partial charge in [0.25, 0.3) is 0 Å². The first-order valence-corrected chi connectivity index (χ1v) is 8.62. The highest BCUT2D eigenvalue weighted by Crippen LogP contribution is 2.19. The Kier molecular flexibility index (Phi) is 6.04. The van der Waals surface area contributed by atoms with Crippen molar-refractivity contribution in [3.05, 3.63) is 86.8 Å². The fourth-order valence-corrected chi connectivity index (χ4v) is 2.60. The molecular weight excluding hydrogens is 394 g/mol. The van der Waals surface area contributed by atoms with E-state index in [0.717, 1.165) is 22.8 Å². The highest BCUT2D eigenvalue weighted by atomic mass is 19.1. The molecule has 0 fully saturated rings. The predicted molar refractivity (Wildman–Crippen MR) is 100 cm³/mol. The predicted octanol–water partition coefficient (Wildman–Crippen LogP) is 2.96. The van der Waals surface area contributed by atoms with E-state index in [4.69, 9.17) is 20.0 Å². The smallest absolute Gasteiger partial charge is 0.353 e. The van der Waals surface area contributed by atoms with Gasteiger partial charge >= 0.3 is 5.69 Å². The third-order valence-electron chi connectivity index (χ3n) is 4.20. The number of halogens is 2. The molecule has 0 N–H and O–H groups in total. The number of aromatic nitrogens is 2. The van der Waals surface area contributed by atoms with Gasteiger partial charge in [0.05, 0.1) is 29.3 Å². The molecule has 7 nitrogen and oxygen atoms in total. The van der Waals surface area contributed by atoms with Gasteiger partial charge in [0.15, 0.2) is 0 Å². The monoisotopic (exact) mass is 408 g/mol. The number of benzene rings is 2. The summed E-state index contributed by atoms with van der Waals surface area (Å²) in [6.07, 6.45) is 0. The van der Waals surface area contributed by atoms with Gasteiger partial charge in [0.1, 0.15) is 24.8 Å². The summed E-state index contributed by atoms with van der Waals surface area (Å²) in [7, 11) is 1.42. The molecular formula is C21H14F2N4O3. The molecule has 0 aliphatic carbocycles. The van der Waals surface area contributed by atoms with E-state index in [2.05, 4.69) is 4.98 Å². The molecule has 150 valence electrons. The van der Waals surface area contributed by atoms with Crippen LogP contribution in [0.1, 0.15) is 22.3 Å². The topological polar surface area (TPSA) is 101 Å². The number of ether oxygens (including phenoxy) is 2. The molecule has 0 radical (unpaired) electrons. The van der Waals surface area contributed by atoms with Gasteiger partial charge in [-0.05, 0) is 36.4 Å². The summed E-state index contributed by atoms with van der Waals surface area (Å²) in [6, 6.07) is 12.5.